The molecule has 27 heavy (non-hydrogen) atoms. The fraction of sp³-hybridized carbons (Fsp3) is 1.00. The van der Waals surface area contributed by atoms with Gasteiger partial charge in [-0.25, -0.2) is 4.57 Å². The molecule has 0 atom stereocenters. The maximum absolute atomic E-state index is 10.5. The van der Waals surface area contributed by atoms with Gasteiger partial charge >= 0.3 is 7.82 Å². The fourth-order valence-corrected chi connectivity index (χ4v) is 5.34. The van der Waals surface area contributed by atoms with E-state index in [1.54, 1.807) is 0 Å². The van der Waals surface area contributed by atoms with Gasteiger partial charge in [-0.15, -0.1) is 0 Å². The van der Waals surface area contributed by atoms with Gasteiger partial charge in [0.15, 0.2) is 0 Å². The SMILES string of the molecule is CCCCCCCCCCCCCCCSCCSCCCOP(=O)(O)O. The third-order valence-electron chi connectivity index (χ3n) is 4.46. The molecule has 0 aromatic heterocycles. The second-order valence-corrected chi connectivity index (χ2v) is 10.8. The van der Waals surface area contributed by atoms with Crippen LogP contribution in [0.25, 0.3) is 0 Å². The van der Waals surface area contributed by atoms with Crippen LogP contribution in [0.1, 0.15) is 96.8 Å². The molecule has 0 amide bonds. The van der Waals surface area contributed by atoms with Gasteiger partial charge in [-0.05, 0) is 24.3 Å². The van der Waals surface area contributed by atoms with Crippen LogP contribution in [-0.4, -0.2) is 39.4 Å². The number of hydrogen-bond acceptors (Lipinski definition) is 4. The van der Waals surface area contributed by atoms with Crippen molar-refractivity contribution in [3.63, 3.8) is 0 Å². The quantitative estimate of drug-likeness (QED) is 0.138. The molecule has 7 heteroatoms. The molecule has 0 saturated heterocycles. The van der Waals surface area contributed by atoms with E-state index in [2.05, 4.69) is 11.4 Å². The van der Waals surface area contributed by atoms with E-state index in [4.69, 9.17) is 9.79 Å². The summed E-state index contributed by atoms with van der Waals surface area (Å²) in [6.07, 6.45) is 19.0. The molecule has 0 aliphatic rings. The van der Waals surface area contributed by atoms with Gasteiger partial charge in [0.05, 0.1) is 6.61 Å². The lowest BCUT2D eigenvalue weighted by Gasteiger charge is -2.05. The molecule has 0 heterocycles. The van der Waals surface area contributed by atoms with Gasteiger partial charge in [0.25, 0.3) is 0 Å². The minimum atomic E-state index is -4.27. The highest BCUT2D eigenvalue weighted by Crippen LogP contribution is 2.35. The monoisotopic (exact) mass is 442 g/mol. The van der Waals surface area contributed by atoms with Gasteiger partial charge in [-0.3, -0.25) is 4.52 Å². The Bertz CT molecular complexity index is 340. The van der Waals surface area contributed by atoms with Crippen molar-refractivity contribution in [2.75, 3.05) is 29.6 Å². The lowest BCUT2D eigenvalue weighted by Crippen LogP contribution is -1.95. The maximum Gasteiger partial charge on any atom is 0.469 e. The number of phosphoric ester groups is 1. The van der Waals surface area contributed by atoms with Crippen molar-refractivity contribution in [1.82, 2.24) is 0 Å². The average Bonchev–Trinajstić information content (AvgIpc) is 2.62. The smallest absolute Gasteiger partial charge is 0.303 e. The first-order valence-electron chi connectivity index (χ1n) is 10.9. The molecule has 0 aliphatic heterocycles. The first-order valence-corrected chi connectivity index (χ1v) is 14.8. The third kappa shape index (κ3) is 26.8. The van der Waals surface area contributed by atoms with E-state index in [9.17, 15) is 4.57 Å². The Labute approximate surface area is 176 Å². The van der Waals surface area contributed by atoms with Crippen LogP contribution < -0.4 is 0 Å². The molecule has 0 saturated carbocycles. The van der Waals surface area contributed by atoms with E-state index in [0.29, 0.717) is 6.42 Å². The number of phosphoric acid groups is 1. The summed E-state index contributed by atoms with van der Waals surface area (Å²) < 4.78 is 14.9. The molecular formula is C20H43O4PS2. The van der Waals surface area contributed by atoms with Crippen LogP contribution in [0.5, 0.6) is 0 Å². The zero-order valence-corrected chi connectivity index (χ0v) is 19.9. The van der Waals surface area contributed by atoms with Crippen LogP contribution in [0.4, 0.5) is 0 Å². The second-order valence-electron chi connectivity index (χ2n) is 7.14. The van der Waals surface area contributed by atoms with Crippen LogP contribution in [0.3, 0.4) is 0 Å². The lowest BCUT2D eigenvalue weighted by molar-refractivity contribution is 0.198. The van der Waals surface area contributed by atoms with Gasteiger partial charge in [0.2, 0.25) is 0 Å². The van der Waals surface area contributed by atoms with Crippen LogP contribution in [0, 0.1) is 0 Å². The van der Waals surface area contributed by atoms with E-state index in [1.165, 1.54) is 95.0 Å². The highest BCUT2D eigenvalue weighted by atomic mass is 32.2. The summed E-state index contributed by atoms with van der Waals surface area (Å²) in [6, 6.07) is 0. The highest BCUT2D eigenvalue weighted by Gasteiger charge is 2.12. The minimum Gasteiger partial charge on any atom is -0.303 e. The maximum atomic E-state index is 10.5. The summed E-state index contributed by atoms with van der Waals surface area (Å²) in [5.74, 6) is 4.44. The largest absolute Gasteiger partial charge is 0.469 e. The van der Waals surface area contributed by atoms with Gasteiger partial charge < -0.3 is 9.79 Å². The van der Waals surface area contributed by atoms with Gasteiger partial charge in [-0.1, -0.05) is 84.0 Å². The van der Waals surface area contributed by atoms with Crippen molar-refractivity contribution in [1.29, 1.82) is 0 Å². The minimum absolute atomic E-state index is 0.142. The summed E-state index contributed by atoms with van der Waals surface area (Å²) in [5.41, 5.74) is 0. The van der Waals surface area contributed by atoms with Crippen molar-refractivity contribution < 1.29 is 18.9 Å². The number of thioether (sulfide) groups is 2. The van der Waals surface area contributed by atoms with Gasteiger partial charge in [-0.2, -0.15) is 23.5 Å². The van der Waals surface area contributed by atoms with E-state index in [-0.39, 0.29) is 6.61 Å². The van der Waals surface area contributed by atoms with E-state index in [0.717, 1.165) is 11.5 Å². The standard InChI is InChI=1S/C20H43O4PS2/c1-2-3-4-5-6-7-8-9-10-11-12-13-14-17-26-19-20-27-18-15-16-24-25(21,22)23/h2-20H2,1H3,(H2,21,22,23). The first kappa shape index (κ1) is 27.8. The molecule has 0 aliphatic carbocycles. The Hall–Kier alpha value is 0.810. The lowest BCUT2D eigenvalue weighted by atomic mass is 10.1. The average molecular weight is 443 g/mol. The molecule has 0 aromatic rings. The van der Waals surface area contributed by atoms with Crippen LogP contribution in [0.2, 0.25) is 0 Å². The summed E-state index contributed by atoms with van der Waals surface area (Å²) in [4.78, 5) is 17.1. The zero-order chi connectivity index (χ0) is 20.1. The zero-order valence-electron chi connectivity index (χ0n) is 17.4. The molecule has 0 spiro atoms. The molecule has 0 unspecified atom stereocenters. The Balaban J connectivity index is 3.02. The van der Waals surface area contributed by atoms with Gasteiger partial charge in [0, 0.05) is 11.5 Å². The van der Waals surface area contributed by atoms with Crippen molar-refractivity contribution in [3.8, 4) is 0 Å². The summed E-state index contributed by atoms with van der Waals surface area (Å²) >= 11 is 3.86. The summed E-state index contributed by atoms with van der Waals surface area (Å²) in [5, 5.41) is 0. The molecule has 164 valence electrons. The molecule has 2 N–H and O–H groups in total. The normalized spacial score (nSPS) is 12.0. The van der Waals surface area contributed by atoms with E-state index < -0.39 is 7.82 Å². The Morgan fingerprint density at radius 3 is 1.48 bits per heavy atom. The predicted molar refractivity (Wildman–Crippen MR) is 123 cm³/mol. The molecule has 0 fully saturated rings. The number of unbranched alkanes of at least 4 members (excludes halogenated alkanes) is 12. The number of hydrogen-bond donors (Lipinski definition) is 2. The van der Waals surface area contributed by atoms with Crippen molar-refractivity contribution in [2.24, 2.45) is 0 Å². The molecule has 0 rings (SSSR count). The predicted octanol–water partition coefficient (Wildman–Crippen LogP) is 7.04. The summed E-state index contributed by atoms with van der Waals surface area (Å²) in [7, 11) is -4.27. The topological polar surface area (TPSA) is 66.8 Å². The molecule has 0 aromatic carbocycles. The molecule has 0 radical (unpaired) electrons. The van der Waals surface area contributed by atoms with E-state index in [1.807, 2.05) is 23.5 Å². The summed E-state index contributed by atoms with van der Waals surface area (Å²) in [6.45, 7) is 2.42. The second kappa shape index (κ2) is 21.5. The highest BCUT2D eigenvalue weighted by molar-refractivity contribution is 8.02. The van der Waals surface area contributed by atoms with Crippen LogP contribution in [0.15, 0.2) is 0 Å². The molecule has 4 nitrogen and oxygen atoms in total. The number of rotatable bonds is 22. The van der Waals surface area contributed by atoms with Crippen molar-refractivity contribution in [2.45, 2.75) is 96.8 Å². The molecule has 0 bridgehead atoms. The Morgan fingerprint density at radius 2 is 1.04 bits per heavy atom. The first-order chi connectivity index (χ1) is 13.1. The van der Waals surface area contributed by atoms with E-state index >= 15 is 0 Å². The van der Waals surface area contributed by atoms with Crippen molar-refractivity contribution >= 4 is 31.3 Å². The van der Waals surface area contributed by atoms with Gasteiger partial charge in [0.1, 0.15) is 0 Å². The van der Waals surface area contributed by atoms with Crippen LogP contribution in [-0.2, 0) is 9.09 Å². The fourth-order valence-electron chi connectivity index (χ4n) is 2.89. The van der Waals surface area contributed by atoms with Crippen molar-refractivity contribution in [3.05, 3.63) is 0 Å². The van der Waals surface area contributed by atoms with Crippen LogP contribution >= 0.6 is 31.3 Å². The Morgan fingerprint density at radius 1 is 0.630 bits per heavy atom. The third-order valence-corrected chi connectivity index (χ3v) is 7.37. The molecular weight excluding hydrogens is 399 g/mol. The Kier molecular flexibility index (Phi) is 22.2.